The zero-order chi connectivity index (χ0) is 13.8. The van der Waals surface area contributed by atoms with Crippen molar-refractivity contribution in [3.63, 3.8) is 0 Å². The molecule has 0 aromatic carbocycles. The van der Waals surface area contributed by atoms with E-state index < -0.39 is 30.8 Å². The van der Waals surface area contributed by atoms with Crippen LogP contribution < -0.4 is 10.6 Å². The van der Waals surface area contributed by atoms with Gasteiger partial charge in [0.25, 0.3) is 0 Å². The number of aliphatic hydroxyl groups is 1. The molecule has 106 valence electrons. The van der Waals surface area contributed by atoms with Crippen molar-refractivity contribution < 1.29 is 23.1 Å². The van der Waals surface area contributed by atoms with E-state index in [0.29, 0.717) is 18.9 Å². The van der Waals surface area contributed by atoms with Gasteiger partial charge in [0.1, 0.15) is 0 Å². The minimum atomic E-state index is -4.70. The van der Waals surface area contributed by atoms with Gasteiger partial charge in [-0.2, -0.15) is 13.2 Å². The maximum Gasteiger partial charge on any atom is 0.416 e. The summed E-state index contributed by atoms with van der Waals surface area (Å²) in [7, 11) is 0. The lowest BCUT2D eigenvalue weighted by molar-refractivity contribution is -0.201. The van der Waals surface area contributed by atoms with Gasteiger partial charge in [-0.25, -0.2) is 0 Å². The number of halogens is 3. The molecule has 1 saturated heterocycles. The molecule has 0 saturated carbocycles. The van der Waals surface area contributed by atoms with Gasteiger partial charge in [0.05, 0.1) is 12.6 Å². The maximum absolute atomic E-state index is 12.0. The van der Waals surface area contributed by atoms with E-state index in [1.807, 2.05) is 6.92 Å². The third-order valence-electron chi connectivity index (χ3n) is 3.25. The van der Waals surface area contributed by atoms with Gasteiger partial charge >= 0.3 is 6.18 Å². The van der Waals surface area contributed by atoms with Gasteiger partial charge in [-0.3, -0.25) is 4.79 Å². The fourth-order valence-electron chi connectivity index (χ4n) is 2.00. The zero-order valence-corrected chi connectivity index (χ0v) is 10.3. The Bertz CT molecular complexity index is 284. The number of amides is 1. The number of hydrogen-bond donors (Lipinski definition) is 3. The molecular weight excluding hydrogens is 249 g/mol. The highest BCUT2D eigenvalue weighted by Crippen LogP contribution is 2.20. The molecule has 0 aromatic heterocycles. The summed E-state index contributed by atoms with van der Waals surface area (Å²) in [4.78, 5) is 11.6. The molecule has 1 amide bonds. The maximum atomic E-state index is 12.0. The molecule has 0 radical (unpaired) electrons. The Labute approximate surface area is 104 Å². The predicted octanol–water partition coefficient (Wildman–Crippen LogP) is 0.804. The van der Waals surface area contributed by atoms with Crippen LogP contribution in [-0.4, -0.2) is 42.4 Å². The molecular formula is C11H19F3N2O2. The summed E-state index contributed by atoms with van der Waals surface area (Å²) >= 11 is 0. The molecule has 1 aliphatic heterocycles. The first-order valence-corrected chi connectivity index (χ1v) is 6.10. The summed E-state index contributed by atoms with van der Waals surface area (Å²) in [5, 5.41) is 13.9. The molecule has 7 heteroatoms. The van der Waals surface area contributed by atoms with Gasteiger partial charge in [-0.1, -0.05) is 13.3 Å². The van der Waals surface area contributed by atoms with Gasteiger partial charge in [-0.15, -0.1) is 0 Å². The SMILES string of the molecule is CCC1CCNC(C(=O)NCC(O)C(F)(F)F)C1. The Morgan fingerprint density at radius 2 is 2.22 bits per heavy atom. The second-order valence-electron chi connectivity index (χ2n) is 4.61. The molecule has 1 rings (SSSR count). The van der Waals surface area contributed by atoms with E-state index in [4.69, 9.17) is 5.11 Å². The molecule has 0 aliphatic carbocycles. The van der Waals surface area contributed by atoms with Gasteiger partial charge < -0.3 is 15.7 Å². The summed E-state index contributed by atoms with van der Waals surface area (Å²) < 4.78 is 36.1. The Kier molecular flexibility index (Phi) is 5.40. The fraction of sp³-hybridized carbons (Fsp3) is 0.909. The van der Waals surface area contributed by atoms with Crippen molar-refractivity contribution in [2.24, 2.45) is 5.92 Å². The van der Waals surface area contributed by atoms with E-state index in [1.165, 1.54) is 0 Å². The van der Waals surface area contributed by atoms with Crippen LogP contribution in [0.1, 0.15) is 26.2 Å². The lowest BCUT2D eigenvalue weighted by Crippen LogP contribution is -2.51. The molecule has 3 unspecified atom stereocenters. The molecule has 0 bridgehead atoms. The third kappa shape index (κ3) is 4.45. The average Bonchev–Trinajstić information content (AvgIpc) is 2.34. The topological polar surface area (TPSA) is 61.4 Å². The summed E-state index contributed by atoms with van der Waals surface area (Å²) in [5.74, 6) is -0.0500. The molecule has 1 aliphatic rings. The number of rotatable bonds is 4. The van der Waals surface area contributed by atoms with Crippen molar-refractivity contribution in [2.75, 3.05) is 13.1 Å². The fourth-order valence-corrected chi connectivity index (χ4v) is 2.00. The standard InChI is InChI=1S/C11H19F3N2O2/c1-2-7-3-4-15-8(5-7)10(18)16-6-9(17)11(12,13)14/h7-9,15,17H,2-6H2,1H3,(H,16,18). The first kappa shape index (κ1) is 15.2. The Hall–Kier alpha value is -0.820. The second kappa shape index (κ2) is 6.38. The normalized spacial score (nSPS) is 26.7. The van der Waals surface area contributed by atoms with Crippen LogP contribution in [0.5, 0.6) is 0 Å². The number of carbonyl (C=O) groups excluding carboxylic acids is 1. The van der Waals surface area contributed by atoms with Crippen LogP contribution in [0.2, 0.25) is 0 Å². The van der Waals surface area contributed by atoms with Crippen molar-refractivity contribution in [1.82, 2.24) is 10.6 Å². The van der Waals surface area contributed by atoms with E-state index >= 15 is 0 Å². The zero-order valence-electron chi connectivity index (χ0n) is 10.3. The van der Waals surface area contributed by atoms with Gasteiger partial charge in [-0.05, 0) is 25.3 Å². The van der Waals surface area contributed by atoms with Crippen molar-refractivity contribution in [3.05, 3.63) is 0 Å². The van der Waals surface area contributed by atoms with Crippen LogP contribution in [0, 0.1) is 5.92 Å². The molecule has 3 atom stereocenters. The number of alkyl halides is 3. The predicted molar refractivity (Wildman–Crippen MR) is 59.9 cm³/mol. The van der Waals surface area contributed by atoms with Crippen LogP contribution in [0.4, 0.5) is 13.2 Å². The minimum Gasteiger partial charge on any atom is -0.382 e. The van der Waals surface area contributed by atoms with E-state index in [2.05, 4.69) is 10.6 Å². The number of piperidine rings is 1. The van der Waals surface area contributed by atoms with Crippen LogP contribution in [-0.2, 0) is 4.79 Å². The number of aliphatic hydroxyl groups excluding tert-OH is 1. The van der Waals surface area contributed by atoms with E-state index in [0.717, 1.165) is 12.8 Å². The van der Waals surface area contributed by atoms with Crippen LogP contribution in [0.15, 0.2) is 0 Å². The number of carbonyl (C=O) groups is 1. The average molecular weight is 268 g/mol. The highest BCUT2D eigenvalue weighted by Gasteiger charge is 2.38. The molecule has 18 heavy (non-hydrogen) atoms. The first-order chi connectivity index (χ1) is 8.34. The van der Waals surface area contributed by atoms with Gasteiger partial charge in [0, 0.05) is 0 Å². The van der Waals surface area contributed by atoms with Gasteiger partial charge in [0.2, 0.25) is 5.91 Å². The van der Waals surface area contributed by atoms with E-state index in [9.17, 15) is 18.0 Å². The minimum absolute atomic E-state index is 0.425. The molecule has 1 heterocycles. The van der Waals surface area contributed by atoms with Gasteiger partial charge in [0.15, 0.2) is 6.10 Å². The smallest absolute Gasteiger partial charge is 0.382 e. The quantitative estimate of drug-likeness (QED) is 0.707. The Morgan fingerprint density at radius 3 is 2.78 bits per heavy atom. The van der Waals surface area contributed by atoms with Crippen molar-refractivity contribution in [2.45, 2.75) is 44.5 Å². The van der Waals surface area contributed by atoms with Crippen molar-refractivity contribution in [3.8, 4) is 0 Å². The lowest BCUT2D eigenvalue weighted by Gasteiger charge is -2.29. The summed E-state index contributed by atoms with van der Waals surface area (Å²) in [6, 6.07) is -0.455. The largest absolute Gasteiger partial charge is 0.416 e. The number of hydrogen-bond acceptors (Lipinski definition) is 3. The van der Waals surface area contributed by atoms with Crippen LogP contribution in [0.25, 0.3) is 0 Å². The monoisotopic (exact) mass is 268 g/mol. The van der Waals surface area contributed by atoms with Crippen LogP contribution in [0.3, 0.4) is 0 Å². The molecule has 4 nitrogen and oxygen atoms in total. The second-order valence-corrected chi connectivity index (χ2v) is 4.61. The van der Waals surface area contributed by atoms with Crippen LogP contribution >= 0.6 is 0 Å². The highest BCUT2D eigenvalue weighted by atomic mass is 19.4. The Morgan fingerprint density at radius 1 is 1.56 bits per heavy atom. The van der Waals surface area contributed by atoms with E-state index in [-0.39, 0.29) is 0 Å². The highest BCUT2D eigenvalue weighted by molar-refractivity contribution is 5.81. The molecule has 0 aromatic rings. The van der Waals surface area contributed by atoms with E-state index in [1.54, 1.807) is 0 Å². The summed E-state index contributed by atoms with van der Waals surface area (Å²) in [6.07, 6.45) is -4.64. The first-order valence-electron chi connectivity index (χ1n) is 6.10. The number of nitrogens with one attached hydrogen (secondary N) is 2. The molecule has 0 spiro atoms. The molecule has 3 N–H and O–H groups in total. The Balaban J connectivity index is 2.36. The molecule has 1 fully saturated rings. The van der Waals surface area contributed by atoms with Crippen molar-refractivity contribution >= 4 is 5.91 Å². The van der Waals surface area contributed by atoms with Crippen molar-refractivity contribution in [1.29, 1.82) is 0 Å². The summed E-state index contributed by atoms with van der Waals surface area (Å²) in [5.41, 5.74) is 0. The third-order valence-corrected chi connectivity index (χ3v) is 3.25. The summed E-state index contributed by atoms with van der Waals surface area (Å²) in [6.45, 7) is 1.92. The lowest BCUT2D eigenvalue weighted by atomic mass is 9.90.